The number of rotatable bonds is 16. The molecule has 3 aromatic carbocycles. The van der Waals surface area contributed by atoms with E-state index in [2.05, 4.69) is 11.1 Å². The highest BCUT2D eigenvalue weighted by atomic mass is 31.2. The fourth-order valence-corrected chi connectivity index (χ4v) is 7.02. The van der Waals surface area contributed by atoms with Gasteiger partial charge in [-0.2, -0.15) is 10.2 Å². The molecule has 2 N–H and O–H groups in total. The van der Waals surface area contributed by atoms with Gasteiger partial charge in [-0.05, 0) is 54.1 Å². The van der Waals surface area contributed by atoms with Crippen molar-refractivity contribution in [1.29, 1.82) is 5.26 Å². The van der Waals surface area contributed by atoms with Crippen LogP contribution in [0, 0.1) is 11.3 Å². The molecule has 1 saturated heterocycles. The van der Waals surface area contributed by atoms with Crippen molar-refractivity contribution in [1.82, 2.24) is 14.2 Å². The van der Waals surface area contributed by atoms with Crippen LogP contribution in [0.4, 0.5) is 5.82 Å². The third-order valence-corrected chi connectivity index (χ3v) is 10.1. The maximum Gasteiger partial charge on any atom is 0.351 e. The molecule has 1 aliphatic rings. The molecule has 0 aliphatic carbocycles. The Kier molecular flexibility index (Phi) is 12.4. The molecule has 4 aromatic rings. The Balaban J connectivity index is 1.56. The number of aromatic nitrogens is 2. The molecule has 5 rings (SSSR count). The summed E-state index contributed by atoms with van der Waals surface area (Å²) in [5.74, 6) is 1.55. The molecule has 1 aliphatic heterocycles. The molecule has 0 bridgehead atoms. The van der Waals surface area contributed by atoms with Gasteiger partial charge in [-0.1, -0.05) is 61.5 Å². The highest BCUT2D eigenvalue weighted by Crippen LogP contribution is 2.48. The molecule has 4 atom stereocenters. The molecule has 13 heteroatoms. The number of hydrogen-bond donors (Lipinski definition) is 1. The second-order valence-corrected chi connectivity index (χ2v) is 12.9. The van der Waals surface area contributed by atoms with Crippen LogP contribution in [0.3, 0.4) is 0 Å². The quantitative estimate of drug-likeness (QED) is 0.0889. The summed E-state index contributed by atoms with van der Waals surface area (Å²) in [6, 6.07) is 29.2. The number of nitrogens with two attached hydrogens (primary N) is 1. The first-order valence-corrected chi connectivity index (χ1v) is 17.1. The van der Waals surface area contributed by atoms with Crippen LogP contribution < -0.4 is 20.9 Å². The zero-order valence-electron chi connectivity index (χ0n) is 28.1. The van der Waals surface area contributed by atoms with Crippen LogP contribution in [0.2, 0.25) is 0 Å². The third kappa shape index (κ3) is 8.28. The van der Waals surface area contributed by atoms with Crippen molar-refractivity contribution >= 4 is 14.3 Å². The lowest BCUT2D eigenvalue weighted by Crippen LogP contribution is -2.38. The summed E-state index contributed by atoms with van der Waals surface area (Å²) in [5, 5.41) is 9.12. The van der Waals surface area contributed by atoms with Gasteiger partial charge in [0, 0.05) is 19.2 Å². The van der Waals surface area contributed by atoms with Crippen molar-refractivity contribution in [2.75, 3.05) is 46.8 Å². The molecule has 1 aromatic heterocycles. The average Bonchev–Trinajstić information content (AvgIpc) is 3.54. The summed E-state index contributed by atoms with van der Waals surface area (Å²) in [6.45, 7) is 2.95. The standard InChI is InChI=1S/C36H42N5O7P/c1-5-40(2)49(46-23-9-21-37)48-31-24-34(41-22-20-33(38)39-35(41)42)47-32(31)25-45-36(26-10-7-6-8-11-26,27-12-16-29(43-3)17-13-27)28-14-18-30(44-4)19-15-28/h6-8,10-20,22,31-32,34H,5,9,23-25H2,1-4H3,(H2,38,39,42)/t31-,32+,34+,49?/m0/s1. The monoisotopic (exact) mass is 687 g/mol. The fraction of sp³-hybridized carbons (Fsp3) is 0.361. The molecule has 1 fully saturated rings. The predicted octanol–water partition coefficient (Wildman–Crippen LogP) is 5.63. The summed E-state index contributed by atoms with van der Waals surface area (Å²) in [7, 11) is 3.60. The average molecular weight is 688 g/mol. The SMILES string of the molecule is CCN(C)P(OCCC#N)O[C@H]1C[C@H](n2ccc(N)nc2=O)O[C@@H]1COC(c1ccccc1)(c1ccc(OC)cc1)c1ccc(OC)cc1. The Hall–Kier alpha value is -4.34. The first-order chi connectivity index (χ1) is 23.8. The van der Waals surface area contributed by atoms with Gasteiger partial charge in [0.1, 0.15) is 35.2 Å². The summed E-state index contributed by atoms with van der Waals surface area (Å²) < 4.78 is 40.7. The number of nitrogens with zero attached hydrogens (tertiary/aromatic N) is 4. The van der Waals surface area contributed by atoms with Gasteiger partial charge in [0.15, 0.2) is 0 Å². The van der Waals surface area contributed by atoms with Crippen LogP contribution in [-0.2, 0) is 24.1 Å². The first-order valence-electron chi connectivity index (χ1n) is 16.0. The summed E-state index contributed by atoms with van der Waals surface area (Å²) in [5.41, 5.74) is 6.78. The lowest BCUT2D eigenvalue weighted by molar-refractivity contribution is -0.0922. The van der Waals surface area contributed by atoms with E-state index >= 15 is 0 Å². The Morgan fingerprint density at radius 1 is 1.00 bits per heavy atom. The van der Waals surface area contributed by atoms with E-state index in [9.17, 15) is 4.79 Å². The Bertz CT molecular complexity index is 1690. The van der Waals surface area contributed by atoms with Crippen molar-refractivity contribution in [2.45, 2.75) is 43.8 Å². The van der Waals surface area contributed by atoms with Crippen LogP contribution >= 0.6 is 8.53 Å². The van der Waals surface area contributed by atoms with E-state index in [0.717, 1.165) is 16.7 Å². The second-order valence-electron chi connectivity index (χ2n) is 11.3. The minimum atomic E-state index is -1.56. The molecular formula is C36H42N5O7P. The fourth-order valence-electron chi connectivity index (χ4n) is 5.67. The summed E-state index contributed by atoms with van der Waals surface area (Å²) in [4.78, 5) is 16.8. The molecule has 49 heavy (non-hydrogen) atoms. The molecule has 0 saturated carbocycles. The van der Waals surface area contributed by atoms with Crippen LogP contribution in [0.1, 0.15) is 42.7 Å². The topological polar surface area (TPSA) is 143 Å². The van der Waals surface area contributed by atoms with Gasteiger partial charge in [0.2, 0.25) is 0 Å². The zero-order chi connectivity index (χ0) is 34.8. The number of nitrogen functional groups attached to an aromatic ring is 1. The van der Waals surface area contributed by atoms with Gasteiger partial charge in [-0.3, -0.25) is 4.57 Å². The predicted molar refractivity (Wildman–Crippen MR) is 186 cm³/mol. The van der Waals surface area contributed by atoms with Crippen molar-refractivity contribution in [3.05, 3.63) is 118 Å². The van der Waals surface area contributed by atoms with Gasteiger partial charge >= 0.3 is 5.69 Å². The van der Waals surface area contributed by atoms with Gasteiger partial charge < -0.3 is 33.7 Å². The summed E-state index contributed by atoms with van der Waals surface area (Å²) >= 11 is 0. The minimum absolute atomic E-state index is 0.0719. The van der Waals surface area contributed by atoms with Crippen LogP contribution in [0.25, 0.3) is 0 Å². The van der Waals surface area contributed by atoms with E-state index in [1.807, 2.05) is 97.5 Å². The molecule has 1 unspecified atom stereocenters. The molecule has 0 radical (unpaired) electrons. The van der Waals surface area contributed by atoms with Crippen molar-refractivity contribution in [2.24, 2.45) is 0 Å². The van der Waals surface area contributed by atoms with Gasteiger partial charge in [-0.25, -0.2) is 9.46 Å². The van der Waals surface area contributed by atoms with Crippen molar-refractivity contribution in [3.8, 4) is 17.6 Å². The van der Waals surface area contributed by atoms with Gasteiger partial charge in [-0.15, -0.1) is 0 Å². The molecule has 0 spiro atoms. The lowest BCUT2D eigenvalue weighted by atomic mass is 9.80. The first kappa shape index (κ1) is 36.0. The number of methoxy groups -OCH3 is 2. The van der Waals surface area contributed by atoms with Crippen LogP contribution in [-0.4, -0.2) is 67.5 Å². The molecule has 2 heterocycles. The van der Waals surface area contributed by atoms with Crippen LogP contribution in [0.5, 0.6) is 11.5 Å². The van der Waals surface area contributed by atoms with Gasteiger partial charge in [0.25, 0.3) is 8.53 Å². The number of nitriles is 1. The molecule has 258 valence electrons. The maximum atomic E-state index is 12.9. The van der Waals surface area contributed by atoms with E-state index in [0.29, 0.717) is 24.5 Å². The smallest absolute Gasteiger partial charge is 0.351 e. The van der Waals surface area contributed by atoms with E-state index in [-0.39, 0.29) is 25.5 Å². The van der Waals surface area contributed by atoms with Gasteiger partial charge in [0.05, 0.1) is 46.0 Å². The zero-order valence-corrected chi connectivity index (χ0v) is 29.0. The maximum absolute atomic E-state index is 12.9. The Morgan fingerprint density at radius 3 is 2.16 bits per heavy atom. The second kappa shape index (κ2) is 16.9. The van der Waals surface area contributed by atoms with E-state index in [1.165, 1.54) is 4.57 Å². The third-order valence-electron chi connectivity index (χ3n) is 8.36. The number of benzene rings is 3. The van der Waals surface area contributed by atoms with Crippen molar-refractivity contribution in [3.63, 3.8) is 0 Å². The highest BCUT2D eigenvalue weighted by molar-refractivity contribution is 7.44. The van der Waals surface area contributed by atoms with E-state index in [4.69, 9.17) is 39.0 Å². The molecule has 0 amide bonds. The van der Waals surface area contributed by atoms with E-state index in [1.54, 1.807) is 26.5 Å². The minimum Gasteiger partial charge on any atom is -0.497 e. The Labute approximate surface area is 287 Å². The number of anilines is 1. The molecule has 12 nitrogen and oxygen atoms in total. The largest absolute Gasteiger partial charge is 0.497 e. The Morgan fingerprint density at radius 2 is 1.61 bits per heavy atom. The highest BCUT2D eigenvalue weighted by Gasteiger charge is 2.44. The molecular weight excluding hydrogens is 645 g/mol. The lowest BCUT2D eigenvalue weighted by Gasteiger charge is -2.37. The number of ether oxygens (including phenoxy) is 4. The van der Waals surface area contributed by atoms with Crippen LogP contribution in [0.15, 0.2) is 95.9 Å². The normalized spacial score (nSPS) is 18.2. The number of hydrogen-bond acceptors (Lipinski definition) is 11. The van der Waals surface area contributed by atoms with Crippen molar-refractivity contribution < 1.29 is 28.0 Å². The summed E-state index contributed by atoms with van der Waals surface area (Å²) in [6.07, 6.45) is 0.242. The van der Waals surface area contributed by atoms with E-state index < -0.39 is 38.3 Å².